The Balaban J connectivity index is 1.51. The van der Waals surface area contributed by atoms with Crippen LogP contribution in [0.3, 0.4) is 0 Å². The molecular weight excluding hydrogens is 346 g/mol. The SMILES string of the molecule is O=C(NCCOC(=O)c1ccc(-c2ccccc2Cl)o1)c1ccn[nH]1. The lowest BCUT2D eigenvalue weighted by atomic mass is 10.2. The van der Waals surface area contributed by atoms with Crippen molar-refractivity contribution < 1.29 is 18.7 Å². The average molecular weight is 360 g/mol. The lowest BCUT2D eigenvalue weighted by Crippen LogP contribution is -2.28. The predicted molar refractivity (Wildman–Crippen MR) is 90.4 cm³/mol. The van der Waals surface area contributed by atoms with Gasteiger partial charge in [0.05, 0.1) is 11.6 Å². The first-order valence-corrected chi connectivity index (χ1v) is 7.82. The minimum Gasteiger partial charge on any atom is -0.458 e. The van der Waals surface area contributed by atoms with Crippen molar-refractivity contribution in [3.8, 4) is 11.3 Å². The zero-order valence-electron chi connectivity index (χ0n) is 13.0. The second-order valence-electron chi connectivity index (χ2n) is 5.01. The molecule has 0 aliphatic carbocycles. The number of aromatic amines is 1. The van der Waals surface area contributed by atoms with Gasteiger partial charge in [0.25, 0.3) is 5.91 Å². The molecule has 0 radical (unpaired) electrons. The van der Waals surface area contributed by atoms with Crippen LogP contribution in [0, 0.1) is 0 Å². The Morgan fingerprint density at radius 1 is 1.20 bits per heavy atom. The molecule has 2 N–H and O–H groups in total. The number of hydrogen-bond acceptors (Lipinski definition) is 5. The summed E-state index contributed by atoms with van der Waals surface area (Å²) in [7, 11) is 0. The minimum atomic E-state index is -0.617. The van der Waals surface area contributed by atoms with E-state index >= 15 is 0 Å². The van der Waals surface area contributed by atoms with Crippen LogP contribution in [-0.2, 0) is 4.74 Å². The number of nitrogens with one attached hydrogen (secondary N) is 2. The smallest absolute Gasteiger partial charge is 0.374 e. The van der Waals surface area contributed by atoms with Crippen molar-refractivity contribution in [1.29, 1.82) is 0 Å². The monoisotopic (exact) mass is 359 g/mol. The summed E-state index contributed by atoms with van der Waals surface area (Å²) in [6, 6.07) is 11.9. The highest BCUT2D eigenvalue weighted by molar-refractivity contribution is 6.33. The van der Waals surface area contributed by atoms with Gasteiger partial charge < -0.3 is 14.5 Å². The van der Waals surface area contributed by atoms with Gasteiger partial charge in [0.15, 0.2) is 0 Å². The van der Waals surface area contributed by atoms with Gasteiger partial charge in [0.2, 0.25) is 5.76 Å². The molecule has 0 bridgehead atoms. The molecule has 2 heterocycles. The van der Waals surface area contributed by atoms with Crippen molar-refractivity contribution >= 4 is 23.5 Å². The van der Waals surface area contributed by atoms with Gasteiger partial charge in [0.1, 0.15) is 18.1 Å². The number of aromatic nitrogens is 2. The van der Waals surface area contributed by atoms with E-state index in [4.69, 9.17) is 20.8 Å². The van der Waals surface area contributed by atoms with Crippen molar-refractivity contribution in [2.75, 3.05) is 13.2 Å². The van der Waals surface area contributed by atoms with Crippen molar-refractivity contribution in [3.63, 3.8) is 0 Å². The number of H-pyrrole nitrogens is 1. The Labute approximate surface area is 147 Å². The summed E-state index contributed by atoms with van der Waals surface area (Å²) in [5.41, 5.74) is 1.02. The Morgan fingerprint density at radius 2 is 2.04 bits per heavy atom. The highest BCUT2D eigenvalue weighted by Crippen LogP contribution is 2.29. The van der Waals surface area contributed by atoms with Crippen LogP contribution in [-0.4, -0.2) is 35.2 Å². The molecular formula is C17H14ClN3O4. The van der Waals surface area contributed by atoms with Crippen LogP contribution in [0.4, 0.5) is 0 Å². The molecule has 3 rings (SSSR count). The lowest BCUT2D eigenvalue weighted by molar-refractivity contribution is 0.0468. The van der Waals surface area contributed by atoms with E-state index in [1.165, 1.54) is 12.3 Å². The molecule has 128 valence electrons. The number of hydrogen-bond donors (Lipinski definition) is 2. The van der Waals surface area contributed by atoms with E-state index in [1.54, 1.807) is 24.3 Å². The number of carbonyl (C=O) groups excluding carboxylic acids is 2. The van der Waals surface area contributed by atoms with Gasteiger partial charge in [-0.2, -0.15) is 5.10 Å². The van der Waals surface area contributed by atoms with E-state index in [1.807, 2.05) is 12.1 Å². The van der Waals surface area contributed by atoms with Gasteiger partial charge in [0, 0.05) is 11.8 Å². The first kappa shape index (κ1) is 16.8. The Hall–Kier alpha value is -3.06. The Kier molecular flexibility index (Phi) is 5.15. The van der Waals surface area contributed by atoms with Crippen molar-refractivity contribution in [2.24, 2.45) is 0 Å². The maximum Gasteiger partial charge on any atom is 0.374 e. The van der Waals surface area contributed by atoms with Gasteiger partial charge in [-0.25, -0.2) is 4.79 Å². The van der Waals surface area contributed by atoms with Gasteiger partial charge in [-0.05, 0) is 30.3 Å². The molecule has 0 atom stereocenters. The van der Waals surface area contributed by atoms with E-state index in [2.05, 4.69) is 15.5 Å². The number of nitrogens with zero attached hydrogens (tertiary/aromatic N) is 1. The van der Waals surface area contributed by atoms with Gasteiger partial charge >= 0.3 is 5.97 Å². The van der Waals surface area contributed by atoms with E-state index in [0.717, 1.165) is 0 Å². The number of furan rings is 1. The summed E-state index contributed by atoms with van der Waals surface area (Å²) in [5.74, 6) is -0.401. The van der Waals surface area contributed by atoms with E-state index in [9.17, 15) is 9.59 Å². The zero-order valence-corrected chi connectivity index (χ0v) is 13.7. The number of ether oxygens (including phenoxy) is 1. The maximum atomic E-state index is 12.0. The largest absolute Gasteiger partial charge is 0.458 e. The molecule has 3 aromatic rings. The second-order valence-corrected chi connectivity index (χ2v) is 5.41. The van der Waals surface area contributed by atoms with Crippen LogP contribution >= 0.6 is 11.6 Å². The fourth-order valence-corrected chi connectivity index (χ4v) is 2.34. The molecule has 1 aromatic carbocycles. The molecule has 8 heteroatoms. The Morgan fingerprint density at radius 3 is 2.80 bits per heavy atom. The summed E-state index contributed by atoms with van der Waals surface area (Å²) >= 11 is 6.10. The third kappa shape index (κ3) is 4.07. The molecule has 0 saturated carbocycles. The highest BCUT2D eigenvalue weighted by Gasteiger charge is 2.15. The zero-order chi connectivity index (χ0) is 17.6. The summed E-state index contributed by atoms with van der Waals surface area (Å²) in [5, 5.41) is 9.34. The van der Waals surface area contributed by atoms with Gasteiger partial charge in [-0.15, -0.1) is 0 Å². The number of rotatable bonds is 6. The molecule has 25 heavy (non-hydrogen) atoms. The lowest BCUT2D eigenvalue weighted by Gasteiger charge is -2.04. The normalized spacial score (nSPS) is 10.4. The number of benzene rings is 1. The fourth-order valence-electron chi connectivity index (χ4n) is 2.11. The van der Waals surface area contributed by atoms with Crippen LogP contribution in [0.2, 0.25) is 5.02 Å². The van der Waals surface area contributed by atoms with Crippen LogP contribution in [0.15, 0.2) is 53.1 Å². The summed E-state index contributed by atoms with van der Waals surface area (Å²) in [4.78, 5) is 23.6. The number of carbonyl (C=O) groups is 2. The molecule has 0 saturated heterocycles. The topological polar surface area (TPSA) is 97.2 Å². The molecule has 0 fully saturated rings. The average Bonchev–Trinajstić information content (AvgIpc) is 3.30. The summed E-state index contributed by atoms with van der Waals surface area (Å²) < 4.78 is 10.6. The van der Waals surface area contributed by atoms with Crippen LogP contribution in [0.25, 0.3) is 11.3 Å². The first-order chi connectivity index (χ1) is 12.1. The molecule has 0 unspecified atom stereocenters. The standard InChI is InChI=1S/C17H14ClN3O4/c18-12-4-2-1-3-11(12)14-5-6-15(25-14)17(23)24-10-9-19-16(22)13-7-8-20-21-13/h1-8H,9-10H2,(H,19,22)(H,20,21). The summed E-state index contributed by atoms with van der Waals surface area (Å²) in [6.45, 7) is 0.183. The number of amides is 1. The van der Waals surface area contributed by atoms with Crippen molar-refractivity contribution in [2.45, 2.75) is 0 Å². The second kappa shape index (κ2) is 7.67. The predicted octanol–water partition coefficient (Wildman–Crippen LogP) is 2.91. The molecule has 7 nitrogen and oxygen atoms in total. The minimum absolute atomic E-state index is 0.0147. The molecule has 2 aromatic heterocycles. The molecule has 0 aliphatic rings. The quantitative estimate of drug-likeness (QED) is 0.521. The molecule has 0 aliphatic heterocycles. The van der Waals surface area contributed by atoms with Crippen LogP contribution in [0.5, 0.6) is 0 Å². The Bertz CT molecular complexity index is 874. The molecule has 0 spiro atoms. The molecule has 1 amide bonds. The van der Waals surface area contributed by atoms with E-state index in [0.29, 0.717) is 22.0 Å². The number of halogens is 1. The van der Waals surface area contributed by atoms with Crippen molar-refractivity contribution in [3.05, 3.63) is 65.1 Å². The van der Waals surface area contributed by atoms with Crippen LogP contribution in [0.1, 0.15) is 21.0 Å². The van der Waals surface area contributed by atoms with E-state index < -0.39 is 5.97 Å². The van der Waals surface area contributed by atoms with Crippen molar-refractivity contribution in [1.82, 2.24) is 15.5 Å². The van der Waals surface area contributed by atoms with Gasteiger partial charge in [-0.3, -0.25) is 9.89 Å². The third-order valence-electron chi connectivity index (χ3n) is 3.31. The summed E-state index contributed by atoms with van der Waals surface area (Å²) in [6.07, 6.45) is 1.47. The first-order valence-electron chi connectivity index (χ1n) is 7.44. The highest BCUT2D eigenvalue weighted by atomic mass is 35.5. The fraction of sp³-hybridized carbons (Fsp3) is 0.118. The number of esters is 1. The van der Waals surface area contributed by atoms with Crippen LogP contribution < -0.4 is 5.32 Å². The van der Waals surface area contributed by atoms with E-state index in [-0.39, 0.29) is 24.8 Å². The van der Waals surface area contributed by atoms with Gasteiger partial charge in [-0.1, -0.05) is 23.7 Å². The maximum absolute atomic E-state index is 12.0. The third-order valence-corrected chi connectivity index (χ3v) is 3.64.